The molecule has 0 amide bonds. The van der Waals surface area contributed by atoms with Gasteiger partial charge in [0.2, 0.25) is 0 Å². The molecule has 2 aromatic rings. The van der Waals surface area contributed by atoms with Crippen LogP contribution >= 0.6 is 31.9 Å². The van der Waals surface area contributed by atoms with Crippen molar-refractivity contribution in [3.05, 3.63) is 56.2 Å². The van der Waals surface area contributed by atoms with Crippen molar-refractivity contribution < 1.29 is 5.11 Å². The summed E-state index contributed by atoms with van der Waals surface area (Å²) in [4.78, 5) is 4.12. The molecule has 0 atom stereocenters. The van der Waals surface area contributed by atoms with Crippen LogP contribution in [0, 0.1) is 6.92 Å². The molecule has 100 valence electrons. The van der Waals surface area contributed by atoms with Crippen LogP contribution in [-0.4, -0.2) is 10.1 Å². The Balaban J connectivity index is 1.98. The van der Waals surface area contributed by atoms with Crippen LogP contribution in [0.1, 0.15) is 16.7 Å². The zero-order valence-corrected chi connectivity index (χ0v) is 13.6. The Labute approximate surface area is 129 Å². The number of aromatic hydroxyl groups is 1. The second-order valence-electron chi connectivity index (χ2n) is 4.31. The second-order valence-corrected chi connectivity index (χ2v) is 6.02. The zero-order chi connectivity index (χ0) is 13.8. The number of hydrogen-bond donors (Lipinski definition) is 2. The fourth-order valence-corrected chi connectivity index (χ4v) is 3.02. The highest BCUT2D eigenvalue weighted by molar-refractivity contribution is 9.11. The molecule has 0 aliphatic heterocycles. The molecule has 0 aliphatic carbocycles. The highest BCUT2D eigenvalue weighted by Gasteiger charge is 2.06. The van der Waals surface area contributed by atoms with Crippen molar-refractivity contribution >= 4 is 31.9 Å². The van der Waals surface area contributed by atoms with Crippen molar-refractivity contribution in [2.45, 2.75) is 20.0 Å². The number of pyridine rings is 1. The van der Waals surface area contributed by atoms with E-state index in [9.17, 15) is 5.11 Å². The number of phenolic OH excluding ortho intramolecular Hbond substituents is 1. The summed E-state index contributed by atoms with van der Waals surface area (Å²) in [6.07, 6.45) is 3.68. The van der Waals surface area contributed by atoms with Gasteiger partial charge in [-0.05, 0) is 73.7 Å². The largest absolute Gasteiger partial charge is 0.506 e. The highest BCUT2D eigenvalue weighted by atomic mass is 79.9. The lowest BCUT2D eigenvalue weighted by Gasteiger charge is -2.09. The standard InChI is InChI=1S/C14H14Br2N2O/c1-9-2-3-17-7-11(9)8-18-6-10-4-12(15)14(19)13(16)5-10/h2-5,7,18-19H,6,8H2,1H3. The molecule has 0 bridgehead atoms. The molecule has 0 aliphatic rings. The van der Waals surface area contributed by atoms with Gasteiger partial charge in [0.25, 0.3) is 0 Å². The number of aryl methyl sites for hydroxylation is 1. The normalized spacial score (nSPS) is 10.7. The first-order chi connectivity index (χ1) is 9.08. The van der Waals surface area contributed by atoms with Crippen LogP contribution in [0.25, 0.3) is 0 Å². The minimum atomic E-state index is 0.229. The number of phenols is 1. The third-order valence-electron chi connectivity index (χ3n) is 2.87. The van der Waals surface area contributed by atoms with Crippen LogP contribution < -0.4 is 5.32 Å². The molecular weight excluding hydrogens is 372 g/mol. The van der Waals surface area contributed by atoms with Crippen molar-refractivity contribution in [3.63, 3.8) is 0 Å². The predicted molar refractivity (Wildman–Crippen MR) is 83.0 cm³/mol. The molecule has 3 nitrogen and oxygen atoms in total. The molecule has 1 aromatic heterocycles. The van der Waals surface area contributed by atoms with Crippen LogP contribution in [0.15, 0.2) is 39.5 Å². The SMILES string of the molecule is Cc1ccncc1CNCc1cc(Br)c(O)c(Br)c1. The Hall–Kier alpha value is -0.910. The molecule has 2 N–H and O–H groups in total. The molecule has 1 aromatic carbocycles. The highest BCUT2D eigenvalue weighted by Crippen LogP contribution is 2.33. The Kier molecular flexibility index (Phi) is 4.96. The molecule has 0 fully saturated rings. The van der Waals surface area contributed by atoms with Gasteiger partial charge in [-0.3, -0.25) is 4.98 Å². The summed E-state index contributed by atoms with van der Waals surface area (Å²) in [6, 6.07) is 5.82. The number of nitrogens with one attached hydrogen (secondary N) is 1. The molecule has 19 heavy (non-hydrogen) atoms. The number of hydrogen-bond acceptors (Lipinski definition) is 3. The topological polar surface area (TPSA) is 45.2 Å². The van der Waals surface area contributed by atoms with E-state index < -0.39 is 0 Å². The molecule has 0 spiro atoms. The molecular formula is C14H14Br2N2O. The molecule has 1 heterocycles. The second kappa shape index (κ2) is 6.50. The van der Waals surface area contributed by atoms with Crippen LogP contribution in [0.4, 0.5) is 0 Å². The van der Waals surface area contributed by atoms with E-state index in [1.54, 1.807) is 6.20 Å². The number of nitrogens with zero attached hydrogens (tertiary/aromatic N) is 1. The fourth-order valence-electron chi connectivity index (χ4n) is 1.74. The summed E-state index contributed by atoms with van der Waals surface area (Å²) in [7, 11) is 0. The fraction of sp³-hybridized carbons (Fsp3) is 0.214. The van der Waals surface area contributed by atoms with E-state index in [2.05, 4.69) is 49.1 Å². The van der Waals surface area contributed by atoms with Gasteiger partial charge in [-0.15, -0.1) is 0 Å². The zero-order valence-electron chi connectivity index (χ0n) is 10.5. The van der Waals surface area contributed by atoms with Crippen molar-refractivity contribution in [1.82, 2.24) is 10.3 Å². The van der Waals surface area contributed by atoms with Crippen LogP contribution in [0.2, 0.25) is 0 Å². The van der Waals surface area contributed by atoms with Crippen LogP contribution in [0.3, 0.4) is 0 Å². The molecule has 0 saturated heterocycles. The number of benzene rings is 1. The van der Waals surface area contributed by atoms with Gasteiger partial charge in [-0.2, -0.15) is 0 Å². The maximum atomic E-state index is 9.65. The minimum absolute atomic E-state index is 0.229. The van der Waals surface area contributed by atoms with Crippen molar-refractivity contribution in [1.29, 1.82) is 0 Å². The van der Waals surface area contributed by atoms with Gasteiger partial charge in [0.15, 0.2) is 0 Å². The summed E-state index contributed by atoms with van der Waals surface area (Å²) >= 11 is 6.66. The molecule has 0 radical (unpaired) electrons. The van der Waals surface area contributed by atoms with Crippen molar-refractivity contribution in [2.75, 3.05) is 0 Å². The number of halogens is 2. The third kappa shape index (κ3) is 3.78. The lowest BCUT2D eigenvalue weighted by Crippen LogP contribution is -2.13. The quantitative estimate of drug-likeness (QED) is 0.838. The predicted octanol–water partition coefficient (Wildman–Crippen LogP) is 3.91. The van der Waals surface area contributed by atoms with Crippen LogP contribution in [0.5, 0.6) is 5.75 Å². The summed E-state index contributed by atoms with van der Waals surface area (Å²) in [5, 5.41) is 13.0. The van der Waals surface area contributed by atoms with E-state index in [4.69, 9.17) is 0 Å². The summed E-state index contributed by atoms with van der Waals surface area (Å²) in [6.45, 7) is 3.58. The maximum Gasteiger partial charge on any atom is 0.143 e. The molecule has 2 rings (SSSR count). The van der Waals surface area contributed by atoms with Crippen LogP contribution in [-0.2, 0) is 13.1 Å². The third-order valence-corrected chi connectivity index (χ3v) is 4.08. The number of rotatable bonds is 4. The average molecular weight is 386 g/mol. The lowest BCUT2D eigenvalue weighted by atomic mass is 10.1. The summed E-state index contributed by atoms with van der Waals surface area (Å²) < 4.78 is 1.38. The van der Waals surface area contributed by atoms with E-state index in [0.717, 1.165) is 18.7 Å². The smallest absolute Gasteiger partial charge is 0.143 e. The van der Waals surface area contributed by atoms with E-state index in [1.165, 1.54) is 11.1 Å². The molecule has 5 heteroatoms. The first-order valence-corrected chi connectivity index (χ1v) is 7.43. The van der Waals surface area contributed by atoms with Gasteiger partial charge >= 0.3 is 0 Å². The summed E-state index contributed by atoms with van der Waals surface area (Å²) in [5.74, 6) is 0.229. The van der Waals surface area contributed by atoms with Gasteiger partial charge in [-0.1, -0.05) is 0 Å². The Morgan fingerprint density at radius 1 is 1.21 bits per heavy atom. The van der Waals surface area contributed by atoms with Gasteiger partial charge < -0.3 is 10.4 Å². The van der Waals surface area contributed by atoms with Gasteiger partial charge in [0, 0.05) is 25.5 Å². The Morgan fingerprint density at radius 3 is 2.53 bits per heavy atom. The minimum Gasteiger partial charge on any atom is -0.506 e. The van der Waals surface area contributed by atoms with E-state index in [-0.39, 0.29) is 5.75 Å². The monoisotopic (exact) mass is 384 g/mol. The lowest BCUT2D eigenvalue weighted by molar-refractivity contribution is 0.468. The molecule has 0 saturated carbocycles. The van der Waals surface area contributed by atoms with E-state index in [1.807, 2.05) is 24.4 Å². The van der Waals surface area contributed by atoms with E-state index in [0.29, 0.717) is 8.95 Å². The Bertz CT molecular complexity index is 564. The van der Waals surface area contributed by atoms with Gasteiger partial charge in [0.1, 0.15) is 5.75 Å². The number of aromatic nitrogens is 1. The van der Waals surface area contributed by atoms with Gasteiger partial charge in [0.05, 0.1) is 8.95 Å². The Morgan fingerprint density at radius 2 is 1.89 bits per heavy atom. The van der Waals surface area contributed by atoms with E-state index >= 15 is 0 Å². The van der Waals surface area contributed by atoms with Gasteiger partial charge in [-0.25, -0.2) is 0 Å². The average Bonchev–Trinajstić information content (AvgIpc) is 2.38. The maximum absolute atomic E-state index is 9.65. The van der Waals surface area contributed by atoms with Crippen molar-refractivity contribution in [3.8, 4) is 5.75 Å². The summed E-state index contributed by atoms with van der Waals surface area (Å²) in [5.41, 5.74) is 3.52. The first kappa shape index (κ1) is 14.5. The van der Waals surface area contributed by atoms with Crippen molar-refractivity contribution in [2.24, 2.45) is 0 Å². The first-order valence-electron chi connectivity index (χ1n) is 5.85. The molecule has 0 unspecified atom stereocenters.